The first-order valence-corrected chi connectivity index (χ1v) is 6.17. The lowest BCUT2D eigenvalue weighted by atomic mass is 10.3. The van der Waals surface area contributed by atoms with Crippen LogP contribution in [0, 0.1) is 10.1 Å². The Morgan fingerprint density at radius 1 is 1.29 bits per heavy atom. The number of primary amides is 1. The normalized spacial score (nSPS) is 9.71. The number of hydrogen-bond acceptors (Lipinski definition) is 8. The zero-order valence-corrected chi connectivity index (χ0v) is 12.1. The molecule has 0 bridgehead atoms. The maximum absolute atomic E-state index is 10.7. The van der Waals surface area contributed by atoms with E-state index in [0.29, 0.717) is 5.56 Å². The number of nitrogens with one attached hydrogen (secondary N) is 2. The van der Waals surface area contributed by atoms with Gasteiger partial charge in [-0.2, -0.15) is 5.10 Å². The van der Waals surface area contributed by atoms with Gasteiger partial charge in [0.15, 0.2) is 5.76 Å². The van der Waals surface area contributed by atoms with E-state index in [1.807, 2.05) is 10.9 Å². The van der Waals surface area contributed by atoms with Crippen LogP contribution >= 0.6 is 0 Å². The summed E-state index contributed by atoms with van der Waals surface area (Å²) in [5.41, 5.74) is 9.14. The van der Waals surface area contributed by atoms with Crippen molar-refractivity contribution in [1.29, 1.82) is 0 Å². The van der Waals surface area contributed by atoms with Gasteiger partial charge in [0.1, 0.15) is 4.92 Å². The number of aromatic nitrogens is 1. The molecule has 0 aliphatic rings. The number of carbonyl (C=O) groups is 2. The molecule has 3 amide bonds. The average molecular weight is 335 g/mol. The van der Waals surface area contributed by atoms with Crippen LogP contribution < -0.4 is 22.4 Å². The highest BCUT2D eigenvalue weighted by Crippen LogP contribution is 2.13. The summed E-state index contributed by atoms with van der Waals surface area (Å²) < 4.78 is 4.69. The summed E-state index contributed by atoms with van der Waals surface area (Å²) in [7, 11) is 0. The van der Waals surface area contributed by atoms with Crippen molar-refractivity contribution in [2.75, 3.05) is 0 Å². The molecule has 0 radical (unpaired) electrons. The third kappa shape index (κ3) is 6.31. The van der Waals surface area contributed by atoms with Crippen LogP contribution in [0.3, 0.4) is 0 Å². The minimum atomic E-state index is -0.831. The third-order valence-electron chi connectivity index (χ3n) is 2.23. The van der Waals surface area contributed by atoms with E-state index in [1.165, 1.54) is 24.5 Å². The van der Waals surface area contributed by atoms with Crippen molar-refractivity contribution in [2.24, 2.45) is 16.7 Å². The van der Waals surface area contributed by atoms with Gasteiger partial charge in [-0.15, -0.1) is 0 Å². The van der Waals surface area contributed by atoms with Crippen LogP contribution in [0.15, 0.2) is 46.2 Å². The number of nitrogens with two attached hydrogens (primary N) is 2. The van der Waals surface area contributed by atoms with Gasteiger partial charge < -0.3 is 10.2 Å². The molecule has 126 valence electrons. The molecule has 2 rings (SSSR count). The zero-order valence-electron chi connectivity index (χ0n) is 12.1. The van der Waals surface area contributed by atoms with Crippen molar-refractivity contribution in [2.45, 2.75) is 0 Å². The lowest BCUT2D eigenvalue weighted by Gasteiger charge is -1.95. The summed E-state index contributed by atoms with van der Waals surface area (Å²) >= 11 is 0. The molecular formula is C12H13N7O5. The molecule has 0 atom stereocenters. The standard InChI is InChI=1S/C6H6N4O4.C6H7N3O/c7-6(11)9-8-3-4-1-2-5(14-4)10(12)13;7-9-6(10)5-1-3-8-4-2-5/h1-3H,(H3,7,9,11);1-4H,7H2,(H,9,10)/b8-3+;. The molecule has 0 aliphatic carbocycles. The van der Waals surface area contributed by atoms with Crippen molar-refractivity contribution < 1.29 is 18.9 Å². The molecule has 12 heteroatoms. The number of rotatable bonds is 4. The first kappa shape index (κ1) is 18.2. The maximum Gasteiger partial charge on any atom is 0.433 e. The Morgan fingerprint density at radius 2 is 1.96 bits per heavy atom. The van der Waals surface area contributed by atoms with Gasteiger partial charge in [0.2, 0.25) is 0 Å². The molecule has 2 aromatic heterocycles. The molecule has 0 fully saturated rings. The number of hydrazone groups is 1. The molecule has 0 saturated heterocycles. The van der Waals surface area contributed by atoms with Crippen LogP contribution in [0.4, 0.5) is 10.7 Å². The molecule has 24 heavy (non-hydrogen) atoms. The highest BCUT2D eigenvalue weighted by molar-refractivity contribution is 5.93. The molecule has 0 saturated carbocycles. The van der Waals surface area contributed by atoms with Crippen molar-refractivity contribution in [3.63, 3.8) is 0 Å². The fourth-order valence-electron chi connectivity index (χ4n) is 1.26. The number of nitrogen functional groups attached to an aromatic ring is 1. The predicted molar refractivity (Wildman–Crippen MR) is 81.6 cm³/mol. The van der Waals surface area contributed by atoms with Gasteiger partial charge >= 0.3 is 11.9 Å². The largest absolute Gasteiger partial charge is 0.433 e. The second kappa shape index (κ2) is 9.26. The number of furan rings is 1. The number of pyridine rings is 1. The Morgan fingerprint density at radius 3 is 2.46 bits per heavy atom. The smallest absolute Gasteiger partial charge is 0.400 e. The molecule has 2 heterocycles. The maximum atomic E-state index is 10.7. The molecule has 6 N–H and O–H groups in total. The fourth-order valence-corrected chi connectivity index (χ4v) is 1.26. The Kier molecular flexibility index (Phi) is 7.05. The second-order valence-corrected chi connectivity index (χ2v) is 3.88. The van der Waals surface area contributed by atoms with Gasteiger partial charge in [-0.1, -0.05) is 0 Å². The van der Waals surface area contributed by atoms with Gasteiger partial charge in [0, 0.05) is 18.0 Å². The van der Waals surface area contributed by atoms with E-state index >= 15 is 0 Å². The topological polar surface area (TPSA) is 192 Å². The Labute approximate surface area is 134 Å². The number of amides is 3. The zero-order chi connectivity index (χ0) is 17.9. The van der Waals surface area contributed by atoms with Gasteiger partial charge in [-0.05, 0) is 18.2 Å². The van der Waals surface area contributed by atoms with Gasteiger partial charge in [-0.25, -0.2) is 16.1 Å². The quantitative estimate of drug-likeness (QED) is 0.196. The highest BCUT2D eigenvalue weighted by Gasteiger charge is 2.09. The van der Waals surface area contributed by atoms with Gasteiger partial charge in [0.05, 0.1) is 12.3 Å². The molecule has 0 spiro atoms. The predicted octanol–water partition coefficient (Wildman–Crippen LogP) is -0.125. The number of carbonyl (C=O) groups excluding carboxylic acids is 2. The Hall–Kier alpha value is -3.80. The number of hydrazine groups is 1. The Balaban J connectivity index is 0.000000254. The number of hydrogen-bond donors (Lipinski definition) is 4. The van der Waals surface area contributed by atoms with E-state index in [4.69, 9.17) is 11.6 Å². The highest BCUT2D eigenvalue weighted by atomic mass is 16.6. The minimum absolute atomic E-state index is 0.144. The Bertz CT molecular complexity index is 728. The minimum Gasteiger partial charge on any atom is -0.400 e. The van der Waals surface area contributed by atoms with Crippen LogP contribution in [0.25, 0.3) is 0 Å². The van der Waals surface area contributed by atoms with Crippen LogP contribution in [-0.2, 0) is 0 Å². The van der Waals surface area contributed by atoms with Crippen LogP contribution in [0.2, 0.25) is 0 Å². The molecule has 2 aromatic rings. The second-order valence-electron chi connectivity index (χ2n) is 3.88. The van der Waals surface area contributed by atoms with Crippen molar-refractivity contribution in [3.8, 4) is 0 Å². The van der Waals surface area contributed by atoms with Crippen LogP contribution in [0.1, 0.15) is 16.1 Å². The lowest BCUT2D eigenvalue weighted by Crippen LogP contribution is -2.29. The monoisotopic (exact) mass is 335 g/mol. The lowest BCUT2D eigenvalue weighted by molar-refractivity contribution is -0.402. The van der Waals surface area contributed by atoms with Crippen LogP contribution in [0.5, 0.6) is 0 Å². The first-order chi connectivity index (χ1) is 11.4. The summed E-state index contributed by atoms with van der Waals surface area (Å²) in [6.07, 6.45) is 4.16. The SMILES string of the molecule is NC(=O)N/N=C/c1ccc([N+](=O)[O-])o1.NNC(=O)c1ccncc1. The molecule has 0 unspecified atom stereocenters. The van der Waals surface area contributed by atoms with E-state index in [0.717, 1.165) is 6.21 Å². The first-order valence-electron chi connectivity index (χ1n) is 6.17. The van der Waals surface area contributed by atoms with E-state index < -0.39 is 16.8 Å². The summed E-state index contributed by atoms with van der Waals surface area (Å²) in [5, 5.41) is 13.5. The van der Waals surface area contributed by atoms with E-state index in [9.17, 15) is 19.7 Å². The number of nitrogens with zero attached hydrogens (tertiary/aromatic N) is 3. The molecule has 0 aliphatic heterocycles. The summed E-state index contributed by atoms with van der Waals surface area (Å²) in [6.45, 7) is 0. The van der Waals surface area contributed by atoms with Crippen molar-refractivity contribution >= 4 is 24.0 Å². The summed E-state index contributed by atoms with van der Waals surface area (Å²) in [5.74, 6) is 4.33. The van der Waals surface area contributed by atoms with Gasteiger partial charge in [-0.3, -0.25) is 25.3 Å². The van der Waals surface area contributed by atoms with Crippen molar-refractivity contribution in [1.82, 2.24) is 15.8 Å². The fraction of sp³-hybridized carbons (Fsp3) is 0. The number of nitro groups is 1. The average Bonchev–Trinajstić information content (AvgIpc) is 3.04. The molecule has 12 nitrogen and oxygen atoms in total. The van der Waals surface area contributed by atoms with E-state index in [1.54, 1.807) is 12.1 Å². The summed E-state index contributed by atoms with van der Waals surface area (Å²) in [6, 6.07) is 4.85. The van der Waals surface area contributed by atoms with E-state index in [2.05, 4.69) is 14.5 Å². The molecule has 0 aromatic carbocycles. The third-order valence-corrected chi connectivity index (χ3v) is 2.23. The molecular weight excluding hydrogens is 322 g/mol. The van der Waals surface area contributed by atoms with Gasteiger partial charge in [0.25, 0.3) is 5.91 Å². The van der Waals surface area contributed by atoms with Crippen molar-refractivity contribution in [3.05, 3.63) is 58.1 Å². The number of urea groups is 1. The van der Waals surface area contributed by atoms with E-state index in [-0.39, 0.29) is 11.7 Å². The van der Waals surface area contributed by atoms with Crippen LogP contribution in [-0.4, -0.2) is 28.1 Å². The summed E-state index contributed by atoms with van der Waals surface area (Å²) in [4.78, 5) is 34.1.